The Bertz CT molecular complexity index is 1420. The number of rotatable bonds is 5. The summed E-state index contributed by atoms with van der Waals surface area (Å²) in [4.78, 5) is 32.9. The van der Waals surface area contributed by atoms with Gasteiger partial charge in [0, 0.05) is 24.4 Å². The van der Waals surface area contributed by atoms with Crippen LogP contribution >= 0.6 is 11.8 Å². The average Bonchev–Trinajstić information content (AvgIpc) is 3.40. The van der Waals surface area contributed by atoms with E-state index in [9.17, 15) is 9.59 Å². The third-order valence-corrected chi connectivity index (χ3v) is 7.47. The zero-order chi connectivity index (χ0) is 23.7. The summed E-state index contributed by atoms with van der Waals surface area (Å²) in [6.07, 6.45) is 2.17. The molecule has 0 atom stereocenters. The van der Waals surface area contributed by atoms with Crippen LogP contribution in [0.3, 0.4) is 0 Å². The van der Waals surface area contributed by atoms with Gasteiger partial charge in [0.1, 0.15) is 0 Å². The van der Waals surface area contributed by atoms with Crippen molar-refractivity contribution < 1.29 is 4.79 Å². The normalized spacial score (nSPS) is 13.5. The summed E-state index contributed by atoms with van der Waals surface area (Å²) in [5, 5.41) is 1.26. The molecule has 1 aliphatic rings. The molecule has 172 valence electrons. The maximum atomic E-state index is 13.5. The number of carbonyl (C=O) groups excluding carboxylic acids is 1. The van der Waals surface area contributed by atoms with Crippen LogP contribution in [0, 0.1) is 13.8 Å². The molecule has 5 nitrogen and oxygen atoms in total. The van der Waals surface area contributed by atoms with Gasteiger partial charge in [-0.25, -0.2) is 4.98 Å². The van der Waals surface area contributed by atoms with Crippen LogP contribution in [0.5, 0.6) is 0 Å². The number of hydrogen-bond donors (Lipinski definition) is 0. The first-order valence-corrected chi connectivity index (χ1v) is 12.6. The SMILES string of the molecule is Cc1ccc(-n2c(SCc3ccc(C(=O)N4CCCC4)cc3)nc3ccccc3c2=O)cc1C. The third kappa shape index (κ3) is 4.38. The molecule has 0 bridgehead atoms. The standard InChI is InChI=1S/C28H27N3O2S/c1-19-9-14-23(17-20(19)2)31-27(33)24-7-3-4-8-25(24)29-28(31)34-18-21-10-12-22(13-11-21)26(32)30-15-5-6-16-30/h3-4,7-14,17H,5-6,15-16,18H2,1-2H3. The van der Waals surface area contributed by atoms with E-state index in [2.05, 4.69) is 13.8 Å². The molecule has 1 saturated heterocycles. The van der Waals surface area contributed by atoms with Crippen LogP contribution in [0.15, 0.2) is 76.7 Å². The number of hydrogen-bond acceptors (Lipinski definition) is 4. The van der Waals surface area contributed by atoms with E-state index in [-0.39, 0.29) is 11.5 Å². The van der Waals surface area contributed by atoms with Gasteiger partial charge in [-0.3, -0.25) is 14.2 Å². The molecule has 0 N–H and O–H groups in total. The highest BCUT2D eigenvalue weighted by molar-refractivity contribution is 7.98. The summed E-state index contributed by atoms with van der Waals surface area (Å²) in [6.45, 7) is 5.81. The molecule has 4 aromatic rings. The van der Waals surface area contributed by atoms with Gasteiger partial charge in [0.05, 0.1) is 16.6 Å². The van der Waals surface area contributed by atoms with Crippen LogP contribution in [0.1, 0.15) is 39.9 Å². The minimum Gasteiger partial charge on any atom is -0.339 e. The molecule has 2 heterocycles. The second-order valence-corrected chi connectivity index (χ2v) is 9.75. The number of benzene rings is 3. The molecule has 34 heavy (non-hydrogen) atoms. The number of para-hydroxylation sites is 1. The van der Waals surface area contributed by atoms with Gasteiger partial charge >= 0.3 is 0 Å². The van der Waals surface area contributed by atoms with Crippen LogP contribution in [0.4, 0.5) is 0 Å². The van der Waals surface area contributed by atoms with Crippen molar-refractivity contribution in [3.8, 4) is 5.69 Å². The highest BCUT2D eigenvalue weighted by atomic mass is 32.2. The van der Waals surface area contributed by atoms with E-state index in [0.29, 0.717) is 21.8 Å². The number of likely N-dealkylation sites (tertiary alicyclic amines) is 1. The largest absolute Gasteiger partial charge is 0.339 e. The lowest BCUT2D eigenvalue weighted by Gasteiger charge is -2.16. The van der Waals surface area contributed by atoms with E-state index in [1.54, 1.807) is 4.57 Å². The molecule has 0 radical (unpaired) electrons. The fraction of sp³-hybridized carbons (Fsp3) is 0.250. The van der Waals surface area contributed by atoms with Gasteiger partial charge in [-0.05, 0) is 79.8 Å². The molecule has 0 unspecified atom stereocenters. The second kappa shape index (κ2) is 9.47. The molecule has 1 fully saturated rings. The minimum atomic E-state index is -0.0667. The summed E-state index contributed by atoms with van der Waals surface area (Å²) in [5.74, 6) is 0.754. The van der Waals surface area contributed by atoms with E-state index < -0.39 is 0 Å². The van der Waals surface area contributed by atoms with Crippen molar-refractivity contribution in [2.24, 2.45) is 0 Å². The van der Waals surface area contributed by atoms with E-state index in [0.717, 1.165) is 48.3 Å². The number of amides is 1. The van der Waals surface area contributed by atoms with Gasteiger partial charge in [-0.15, -0.1) is 0 Å². The summed E-state index contributed by atoms with van der Waals surface area (Å²) >= 11 is 1.53. The number of thioether (sulfide) groups is 1. The molecule has 1 aromatic heterocycles. The Morgan fingerprint density at radius 1 is 0.941 bits per heavy atom. The smallest absolute Gasteiger partial charge is 0.266 e. The van der Waals surface area contributed by atoms with E-state index in [4.69, 9.17) is 4.98 Å². The Morgan fingerprint density at radius 2 is 1.68 bits per heavy atom. The van der Waals surface area contributed by atoms with Gasteiger partial charge in [0.2, 0.25) is 0 Å². The fourth-order valence-corrected chi connectivity index (χ4v) is 5.26. The van der Waals surface area contributed by atoms with Crippen LogP contribution < -0.4 is 5.56 Å². The summed E-state index contributed by atoms with van der Waals surface area (Å²) in [7, 11) is 0. The van der Waals surface area contributed by atoms with E-state index in [1.807, 2.05) is 71.6 Å². The first kappa shape index (κ1) is 22.4. The topological polar surface area (TPSA) is 55.2 Å². The molecular weight excluding hydrogens is 442 g/mol. The molecular formula is C28H27N3O2S. The monoisotopic (exact) mass is 469 g/mol. The Kier molecular flexibility index (Phi) is 6.24. The molecule has 0 spiro atoms. The quantitative estimate of drug-likeness (QED) is 0.285. The molecule has 5 rings (SSSR count). The van der Waals surface area contributed by atoms with Crippen molar-refractivity contribution in [1.82, 2.24) is 14.5 Å². The van der Waals surface area contributed by atoms with Gasteiger partial charge < -0.3 is 4.90 Å². The Hall–Kier alpha value is -3.38. The van der Waals surface area contributed by atoms with Crippen molar-refractivity contribution in [1.29, 1.82) is 0 Å². The Balaban J connectivity index is 1.45. The summed E-state index contributed by atoms with van der Waals surface area (Å²) in [5.41, 5.74) is 5.57. The summed E-state index contributed by atoms with van der Waals surface area (Å²) < 4.78 is 1.71. The molecule has 0 saturated carbocycles. The highest BCUT2D eigenvalue weighted by Crippen LogP contribution is 2.26. The first-order chi connectivity index (χ1) is 16.5. The van der Waals surface area contributed by atoms with Gasteiger partial charge in [0.15, 0.2) is 5.16 Å². The zero-order valence-electron chi connectivity index (χ0n) is 19.5. The van der Waals surface area contributed by atoms with Crippen molar-refractivity contribution in [3.05, 3.63) is 99.3 Å². The number of aromatic nitrogens is 2. The number of carbonyl (C=O) groups is 1. The van der Waals surface area contributed by atoms with Crippen LogP contribution in [-0.4, -0.2) is 33.4 Å². The van der Waals surface area contributed by atoms with Crippen LogP contribution in [0.25, 0.3) is 16.6 Å². The zero-order valence-corrected chi connectivity index (χ0v) is 20.3. The van der Waals surface area contributed by atoms with Crippen molar-refractivity contribution in [2.45, 2.75) is 37.6 Å². The van der Waals surface area contributed by atoms with Crippen LogP contribution in [-0.2, 0) is 5.75 Å². The first-order valence-electron chi connectivity index (χ1n) is 11.6. The minimum absolute atomic E-state index is 0.0667. The molecule has 0 aliphatic carbocycles. The van der Waals surface area contributed by atoms with E-state index >= 15 is 0 Å². The molecule has 1 aliphatic heterocycles. The highest BCUT2D eigenvalue weighted by Gasteiger charge is 2.19. The molecule has 6 heteroatoms. The van der Waals surface area contributed by atoms with Crippen molar-refractivity contribution >= 4 is 28.6 Å². The number of aryl methyl sites for hydroxylation is 2. The van der Waals surface area contributed by atoms with Crippen LogP contribution in [0.2, 0.25) is 0 Å². The van der Waals surface area contributed by atoms with Gasteiger partial charge in [-0.2, -0.15) is 0 Å². The molecule has 3 aromatic carbocycles. The lowest BCUT2D eigenvalue weighted by Crippen LogP contribution is -2.27. The maximum absolute atomic E-state index is 13.5. The Morgan fingerprint density at radius 3 is 2.41 bits per heavy atom. The van der Waals surface area contributed by atoms with Gasteiger partial charge in [0.25, 0.3) is 11.5 Å². The predicted octanol–water partition coefficient (Wildman–Crippen LogP) is 5.53. The average molecular weight is 470 g/mol. The Labute approximate surface area is 203 Å². The lowest BCUT2D eigenvalue weighted by molar-refractivity contribution is 0.0793. The number of nitrogens with zero attached hydrogens (tertiary/aromatic N) is 3. The van der Waals surface area contributed by atoms with Crippen molar-refractivity contribution in [3.63, 3.8) is 0 Å². The second-order valence-electron chi connectivity index (χ2n) is 8.81. The summed E-state index contributed by atoms with van der Waals surface area (Å²) in [6, 6.07) is 21.3. The van der Waals surface area contributed by atoms with Gasteiger partial charge in [-0.1, -0.05) is 42.1 Å². The van der Waals surface area contributed by atoms with E-state index in [1.165, 1.54) is 17.3 Å². The third-order valence-electron chi connectivity index (χ3n) is 6.46. The molecule has 1 amide bonds. The number of fused-ring (bicyclic) bond motifs is 1. The fourth-order valence-electron chi connectivity index (χ4n) is 4.30. The van der Waals surface area contributed by atoms with Crippen molar-refractivity contribution in [2.75, 3.05) is 13.1 Å². The lowest BCUT2D eigenvalue weighted by atomic mass is 10.1. The predicted molar refractivity (Wildman–Crippen MR) is 138 cm³/mol. The maximum Gasteiger partial charge on any atom is 0.266 e.